The number of anilines is 1. The number of carbonyl (C=O) groups excluding carboxylic acids is 1. The van der Waals surface area contributed by atoms with Crippen LogP contribution < -0.4 is 11.1 Å². The topological polar surface area (TPSA) is 67.6 Å². The Kier molecular flexibility index (Phi) is 5.24. The zero-order chi connectivity index (χ0) is 14.4. The normalized spacial score (nSPS) is 17.9. The van der Waals surface area contributed by atoms with Gasteiger partial charge in [0.15, 0.2) is 0 Å². The van der Waals surface area contributed by atoms with E-state index in [0.29, 0.717) is 13.2 Å². The Morgan fingerprint density at radius 1 is 1.45 bits per heavy atom. The van der Waals surface area contributed by atoms with Gasteiger partial charge in [0.2, 0.25) is 0 Å². The quantitative estimate of drug-likeness (QED) is 0.809. The molecule has 3 N–H and O–H groups in total. The monoisotopic (exact) mass is 277 g/mol. The van der Waals surface area contributed by atoms with Gasteiger partial charge in [0.1, 0.15) is 0 Å². The fourth-order valence-electron chi connectivity index (χ4n) is 2.28. The highest BCUT2D eigenvalue weighted by molar-refractivity contribution is 5.74. The largest absolute Gasteiger partial charge is 0.399 e. The van der Waals surface area contributed by atoms with Gasteiger partial charge < -0.3 is 20.7 Å². The van der Waals surface area contributed by atoms with E-state index in [0.717, 1.165) is 37.2 Å². The molecule has 0 spiro atoms. The molecule has 2 rings (SSSR count). The molecular weight excluding hydrogens is 254 g/mol. The van der Waals surface area contributed by atoms with Crippen molar-refractivity contribution >= 4 is 11.7 Å². The average Bonchev–Trinajstić information content (AvgIpc) is 2.93. The third-order valence-corrected chi connectivity index (χ3v) is 3.39. The van der Waals surface area contributed by atoms with Crippen molar-refractivity contribution in [3.05, 3.63) is 29.8 Å². The highest BCUT2D eigenvalue weighted by Gasteiger charge is 2.21. The van der Waals surface area contributed by atoms with Crippen molar-refractivity contribution in [1.82, 2.24) is 10.2 Å². The Morgan fingerprint density at radius 3 is 2.80 bits per heavy atom. The molecule has 1 aliphatic rings. The number of urea groups is 1. The van der Waals surface area contributed by atoms with Crippen LogP contribution in [0.3, 0.4) is 0 Å². The Labute approximate surface area is 120 Å². The number of carbonyl (C=O) groups is 1. The third kappa shape index (κ3) is 4.13. The molecule has 5 nitrogen and oxygen atoms in total. The molecule has 1 aromatic rings. The summed E-state index contributed by atoms with van der Waals surface area (Å²) in [6, 6.07) is 7.78. The molecule has 110 valence electrons. The highest BCUT2D eigenvalue weighted by Crippen LogP contribution is 2.10. The molecule has 0 saturated carbocycles. The Bertz CT molecular complexity index is 427. The van der Waals surface area contributed by atoms with Gasteiger partial charge in [0.25, 0.3) is 0 Å². The number of rotatable bonds is 5. The van der Waals surface area contributed by atoms with E-state index in [2.05, 4.69) is 12.2 Å². The lowest BCUT2D eigenvalue weighted by Gasteiger charge is -2.24. The van der Waals surface area contributed by atoms with Crippen LogP contribution in [0.1, 0.15) is 25.3 Å². The fraction of sp³-hybridized carbons (Fsp3) is 0.533. The Balaban J connectivity index is 1.94. The summed E-state index contributed by atoms with van der Waals surface area (Å²) in [5.74, 6) is 0. The van der Waals surface area contributed by atoms with E-state index >= 15 is 0 Å². The molecule has 0 aliphatic carbocycles. The maximum atomic E-state index is 12.3. The lowest BCUT2D eigenvalue weighted by atomic mass is 10.2. The van der Waals surface area contributed by atoms with Crippen LogP contribution in [0.5, 0.6) is 0 Å². The number of ether oxygens (including phenoxy) is 1. The lowest BCUT2D eigenvalue weighted by molar-refractivity contribution is 0.176. The van der Waals surface area contributed by atoms with Crippen LogP contribution in [-0.2, 0) is 11.3 Å². The summed E-state index contributed by atoms with van der Waals surface area (Å²) < 4.78 is 5.28. The first kappa shape index (κ1) is 14.7. The maximum absolute atomic E-state index is 12.3. The molecule has 1 unspecified atom stereocenters. The summed E-state index contributed by atoms with van der Waals surface area (Å²) in [7, 11) is 0. The zero-order valence-electron chi connectivity index (χ0n) is 12.0. The number of nitrogens with two attached hydrogens (primary N) is 1. The standard InChI is InChI=1S/C15H23N3O2/c1-2-8-18(10-12-3-5-13(16)6-4-12)15(19)17-14-7-9-20-11-14/h3-6,14H,2,7-11,16H2,1H3,(H,17,19). The summed E-state index contributed by atoms with van der Waals surface area (Å²) in [6.07, 6.45) is 1.83. The molecule has 2 amide bonds. The van der Waals surface area contributed by atoms with Crippen molar-refractivity contribution in [3.63, 3.8) is 0 Å². The number of nitrogen functional groups attached to an aromatic ring is 1. The molecule has 20 heavy (non-hydrogen) atoms. The van der Waals surface area contributed by atoms with Gasteiger partial charge in [-0.2, -0.15) is 0 Å². The van der Waals surface area contributed by atoms with E-state index in [1.807, 2.05) is 29.2 Å². The lowest BCUT2D eigenvalue weighted by Crippen LogP contribution is -2.45. The first-order valence-corrected chi connectivity index (χ1v) is 7.16. The molecule has 1 fully saturated rings. The molecule has 0 aromatic heterocycles. The van der Waals surface area contributed by atoms with Crippen LogP contribution in [0.2, 0.25) is 0 Å². The third-order valence-electron chi connectivity index (χ3n) is 3.39. The number of benzene rings is 1. The fourth-order valence-corrected chi connectivity index (χ4v) is 2.28. The number of nitrogens with one attached hydrogen (secondary N) is 1. The molecule has 1 aromatic carbocycles. The minimum Gasteiger partial charge on any atom is -0.399 e. The Morgan fingerprint density at radius 2 is 2.20 bits per heavy atom. The van der Waals surface area contributed by atoms with E-state index in [1.54, 1.807) is 0 Å². The van der Waals surface area contributed by atoms with E-state index in [4.69, 9.17) is 10.5 Å². The second-order valence-electron chi connectivity index (χ2n) is 5.17. The van der Waals surface area contributed by atoms with E-state index in [-0.39, 0.29) is 12.1 Å². The number of hydrogen-bond acceptors (Lipinski definition) is 3. The minimum atomic E-state index is -0.0147. The van der Waals surface area contributed by atoms with Crippen LogP contribution >= 0.6 is 0 Å². The van der Waals surface area contributed by atoms with Crippen molar-refractivity contribution < 1.29 is 9.53 Å². The molecule has 0 bridgehead atoms. The van der Waals surface area contributed by atoms with Gasteiger partial charge in [0, 0.05) is 25.4 Å². The predicted octanol–water partition coefficient (Wildman–Crippen LogP) is 1.98. The molecule has 1 saturated heterocycles. The number of hydrogen-bond donors (Lipinski definition) is 2. The summed E-state index contributed by atoms with van der Waals surface area (Å²) in [4.78, 5) is 14.1. The summed E-state index contributed by atoms with van der Waals surface area (Å²) in [6.45, 7) is 4.77. The predicted molar refractivity (Wildman–Crippen MR) is 79.3 cm³/mol. The minimum absolute atomic E-state index is 0.0147. The van der Waals surface area contributed by atoms with Crippen molar-refractivity contribution in [2.75, 3.05) is 25.5 Å². The second-order valence-corrected chi connectivity index (χ2v) is 5.17. The van der Waals surface area contributed by atoms with Gasteiger partial charge in [-0.25, -0.2) is 4.79 Å². The first-order chi connectivity index (χ1) is 9.69. The second kappa shape index (κ2) is 7.14. The summed E-state index contributed by atoms with van der Waals surface area (Å²) in [5.41, 5.74) is 7.51. The molecule has 1 heterocycles. The van der Waals surface area contributed by atoms with Gasteiger partial charge >= 0.3 is 6.03 Å². The van der Waals surface area contributed by atoms with Crippen molar-refractivity contribution in [1.29, 1.82) is 0 Å². The van der Waals surface area contributed by atoms with Gasteiger partial charge in [0.05, 0.1) is 12.6 Å². The van der Waals surface area contributed by atoms with Crippen LogP contribution in [0, 0.1) is 0 Å². The average molecular weight is 277 g/mol. The van der Waals surface area contributed by atoms with Crippen LogP contribution in [0.4, 0.5) is 10.5 Å². The summed E-state index contributed by atoms with van der Waals surface area (Å²) >= 11 is 0. The van der Waals surface area contributed by atoms with Gasteiger partial charge in [-0.3, -0.25) is 0 Å². The summed E-state index contributed by atoms with van der Waals surface area (Å²) in [5, 5.41) is 3.03. The smallest absolute Gasteiger partial charge is 0.317 e. The van der Waals surface area contributed by atoms with Gasteiger partial charge in [-0.05, 0) is 30.5 Å². The molecule has 0 radical (unpaired) electrons. The zero-order valence-corrected chi connectivity index (χ0v) is 12.0. The van der Waals surface area contributed by atoms with E-state index < -0.39 is 0 Å². The van der Waals surface area contributed by atoms with Crippen molar-refractivity contribution in [3.8, 4) is 0 Å². The molecule has 1 aliphatic heterocycles. The first-order valence-electron chi connectivity index (χ1n) is 7.16. The maximum Gasteiger partial charge on any atom is 0.317 e. The molecular formula is C15H23N3O2. The highest BCUT2D eigenvalue weighted by atomic mass is 16.5. The van der Waals surface area contributed by atoms with Crippen molar-refractivity contribution in [2.24, 2.45) is 0 Å². The van der Waals surface area contributed by atoms with Crippen LogP contribution in [0.15, 0.2) is 24.3 Å². The van der Waals surface area contributed by atoms with Crippen molar-refractivity contribution in [2.45, 2.75) is 32.4 Å². The van der Waals surface area contributed by atoms with Crippen LogP contribution in [-0.4, -0.2) is 36.7 Å². The van der Waals surface area contributed by atoms with Gasteiger partial charge in [-0.15, -0.1) is 0 Å². The SMILES string of the molecule is CCCN(Cc1ccc(N)cc1)C(=O)NC1CCOC1. The Hall–Kier alpha value is -1.75. The molecule has 1 atom stereocenters. The van der Waals surface area contributed by atoms with E-state index in [1.165, 1.54) is 0 Å². The van der Waals surface area contributed by atoms with Gasteiger partial charge in [-0.1, -0.05) is 19.1 Å². The van der Waals surface area contributed by atoms with Crippen LogP contribution in [0.25, 0.3) is 0 Å². The molecule has 5 heteroatoms. The number of amides is 2. The van der Waals surface area contributed by atoms with E-state index in [9.17, 15) is 4.79 Å². The number of nitrogens with zero attached hydrogens (tertiary/aromatic N) is 1.